The fraction of sp³-hybridized carbons (Fsp3) is 0. The Hall–Kier alpha value is -1.03. The Morgan fingerprint density at radius 1 is 1.24 bits per heavy atom. The molecule has 0 aliphatic heterocycles. The van der Waals surface area contributed by atoms with Crippen LogP contribution in [0.3, 0.4) is 0 Å². The zero-order valence-electron chi connectivity index (χ0n) is 8.56. The van der Waals surface area contributed by atoms with Gasteiger partial charge in [-0.25, -0.2) is 4.98 Å². The first kappa shape index (κ1) is 12.4. The van der Waals surface area contributed by atoms with Crippen LogP contribution in [0.2, 0.25) is 10.0 Å². The molecule has 1 aromatic carbocycles. The summed E-state index contributed by atoms with van der Waals surface area (Å²) in [6.45, 7) is 0. The van der Waals surface area contributed by atoms with Crippen molar-refractivity contribution in [3.05, 3.63) is 52.1 Å². The summed E-state index contributed by atoms with van der Waals surface area (Å²) in [4.78, 5) is 15.8. The summed E-state index contributed by atoms with van der Waals surface area (Å²) >= 11 is 13.2. The molecule has 0 unspecified atom stereocenters. The minimum Gasteiger partial charge on any atom is -0.298 e. The van der Waals surface area contributed by atoms with Crippen molar-refractivity contribution >= 4 is 41.2 Å². The van der Waals surface area contributed by atoms with Crippen molar-refractivity contribution in [1.82, 2.24) is 4.98 Å². The topological polar surface area (TPSA) is 30.0 Å². The zero-order valence-corrected chi connectivity index (χ0v) is 10.9. The molecular formula is C12H7Cl2NOS. The lowest BCUT2D eigenvalue weighted by Gasteiger charge is -2.05. The molecule has 5 heteroatoms. The maximum Gasteiger partial charge on any atom is 0.152 e. The molecule has 86 valence electrons. The van der Waals surface area contributed by atoms with Gasteiger partial charge in [0.05, 0.1) is 5.02 Å². The molecule has 17 heavy (non-hydrogen) atoms. The molecule has 0 saturated heterocycles. The molecular weight excluding hydrogens is 277 g/mol. The molecule has 0 atom stereocenters. The van der Waals surface area contributed by atoms with E-state index in [-0.39, 0.29) is 0 Å². The van der Waals surface area contributed by atoms with Gasteiger partial charge in [-0.15, -0.1) is 0 Å². The highest BCUT2D eigenvalue weighted by Gasteiger charge is 2.08. The van der Waals surface area contributed by atoms with Crippen molar-refractivity contribution in [1.29, 1.82) is 0 Å². The lowest BCUT2D eigenvalue weighted by Crippen LogP contribution is -1.88. The first-order valence-corrected chi connectivity index (χ1v) is 6.31. The highest BCUT2D eigenvalue weighted by atomic mass is 35.5. The van der Waals surface area contributed by atoms with E-state index in [1.54, 1.807) is 36.5 Å². The van der Waals surface area contributed by atoms with Crippen LogP contribution in [0, 0.1) is 0 Å². The predicted octanol–water partition coefficient (Wildman–Crippen LogP) is 4.35. The first-order chi connectivity index (χ1) is 8.20. The number of hydrogen-bond acceptors (Lipinski definition) is 3. The van der Waals surface area contributed by atoms with Gasteiger partial charge in [-0.2, -0.15) is 0 Å². The van der Waals surface area contributed by atoms with Crippen LogP contribution < -0.4 is 0 Å². The smallest absolute Gasteiger partial charge is 0.152 e. The second kappa shape index (κ2) is 5.54. The Balaban J connectivity index is 2.34. The second-order valence-corrected chi connectivity index (χ2v) is 5.07. The lowest BCUT2D eigenvalue weighted by molar-refractivity contribution is 0.112. The largest absolute Gasteiger partial charge is 0.298 e. The molecule has 2 rings (SSSR count). The molecule has 1 heterocycles. The van der Waals surface area contributed by atoms with Crippen LogP contribution in [0.4, 0.5) is 0 Å². The molecule has 0 aliphatic carbocycles. The molecule has 0 fully saturated rings. The average Bonchev–Trinajstić information content (AvgIpc) is 2.33. The fourth-order valence-corrected chi connectivity index (χ4v) is 2.61. The molecule has 0 saturated carbocycles. The molecule has 0 N–H and O–H groups in total. The number of aldehydes is 1. The van der Waals surface area contributed by atoms with Gasteiger partial charge in [-0.1, -0.05) is 35.0 Å². The highest BCUT2D eigenvalue weighted by Crippen LogP contribution is 2.34. The van der Waals surface area contributed by atoms with E-state index in [4.69, 9.17) is 23.2 Å². The van der Waals surface area contributed by atoms with Crippen LogP contribution in [0.1, 0.15) is 10.4 Å². The molecule has 0 amide bonds. The molecule has 2 aromatic rings. The van der Waals surface area contributed by atoms with Gasteiger partial charge in [0.2, 0.25) is 0 Å². The van der Waals surface area contributed by atoms with Gasteiger partial charge in [-0.3, -0.25) is 4.79 Å². The van der Waals surface area contributed by atoms with Gasteiger partial charge in [0.1, 0.15) is 5.03 Å². The summed E-state index contributed by atoms with van der Waals surface area (Å²) in [5, 5.41) is 1.76. The van der Waals surface area contributed by atoms with Crippen LogP contribution in [-0.4, -0.2) is 11.3 Å². The summed E-state index contributed by atoms with van der Waals surface area (Å²) in [5.41, 5.74) is 0.545. The molecule has 0 radical (unpaired) electrons. The van der Waals surface area contributed by atoms with E-state index in [0.717, 1.165) is 11.2 Å². The Labute approximate surface area is 113 Å². The van der Waals surface area contributed by atoms with E-state index in [9.17, 15) is 4.79 Å². The maximum absolute atomic E-state index is 10.8. The minimum atomic E-state index is 0.545. The van der Waals surface area contributed by atoms with Crippen LogP contribution in [0.15, 0.2) is 46.5 Å². The third-order valence-electron chi connectivity index (χ3n) is 2.03. The second-order valence-electron chi connectivity index (χ2n) is 3.19. The van der Waals surface area contributed by atoms with E-state index in [0.29, 0.717) is 20.6 Å². The van der Waals surface area contributed by atoms with Crippen molar-refractivity contribution < 1.29 is 4.79 Å². The lowest BCUT2D eigenvalue weighted by atomic mass is 10.3. The number of aromatic nitrogens is 1. The molecule has 0 bridgehead atoms. The van der Waals surface area contributed by atoms with Crippen molar-refractivity contribution in [3.63, 3.8) is 0 Å². The van der Waals surface area contributed by atoms with Crippen molar-refractivity contribution in [3.8, 4) is 0 Å². The molecule has 1 aromatic heterocycles. The standard InChI is InChI=1S/C12H7Cl2NOS/c13-9-3-4-11(10(14)6-9)17-12-8(7-16)2-1-5-15-12/h1-7H. The fourth-order valence-electron chi connectivity index (χ4n) is 1.24. The number of pyridine rings is 1. The van der Waals surface area contributed by atoms with Crippen molar-refractivity contribution in [2.75, 3.05) is 0 Å². The maximum atomic E-state index is 10.8. The van der Waals surface area contributed by atoms with E-state index in [1.807, 2.05) is 0 Å². The summed E-state index contributed by atoms with van der Waals surface area (Å²) in [6.07, 6.45) is 2.41. The zero-order chi connectivity index (χ0) is 12.3. The van der Waals surface area contributed by atoms with Gasteiger partial charge in [0.15, 0.2) is 6.29 Å². The SMILES string of the molecule is O=Cc1cccnc1Sc1ccc(Cl)cc1Cl. The number of hydrogen-bond donors (Lipinski definition) is 0. The van der Waals surface area contributed by atoms with Crippen molar-refractivity contribution in [2.45, 2.75) is 9.92 Å². The van der Waals surface area contributed by atoms with Gasteiger partial charge in [0.25, 0.3) is 0 Å². The Morgan fingerprint density at radius 3 is 2.76 bits per heavy atom. The monoisotopic (exact) mass is 283 g/mol. The molecule has 0 aliphatic rings. The Bertz CT molecular complexity index is 560. The quantitative estimate of drug-likeness (QED) is 0.785. The Morgan fingerprint density at radius 2 is 2.06 bits per heavy atom. The number of rotatable bonds is 3. The summed E-state index contributed by atoms with van der Waals surface area (Å²) < 4.78 is 0. The van der Waals surface area contributed by atoms with Gasteiger partial charge in [-0.05, 0) is 30.3 Å². The first-order valence-electron chi connectivity index (χ1n) is 4.74. The Kier molecular flexibility index (Phi) is 4.05. The van der Waals surface area contributed by atoms with Crippen LogP contribution in [-0.2, 0) is 0 Å². The third-order valence-corrected chi connectivity index (χ3v) is 3.80. The summed E-state index contributed by atoms with van der Waals surface area (Å²) in [6, 6.07) is 8.65. The molecule has 0 spiro atoms. The van der Waals surface area contributed by atoms with E-state index in [2.05, 4.69) is 4.98 Å². The van der Waals surface area contributed by atoms with Crippen LogP contribution >= 0.6 is 35.0 Å². The predicted molar refractivity (Wildman–Crippen MR) is 70.2 cm³/mol. The molecule has 2 nitrogen and oxygen atoms in total. The highest BCUT2D eigenvalue weighted by molar-refractivity contribution is 7.99. The summed E-state index contributed by atoms with van der Waals surface area (Å²) in [7, 11) is 0. The number of carbonyl (C=O) groups is 1. The number of halogens is 2. The number of benzene rings is 1. The van der Waals surface area contributed by atoms with E-state index < -0.39 is 0 Å². The van der Waals surface area contributed by atoms with Crippen molar-refractivity contribution in [2.24, 2.45) is 0 Å². The number of carbonyl (C=O) groups excluding carboxylic acids is 1. The summed E-state index contributed by atoms with van der Waals surface area (Å²) in [5.74, 6) is 0. The van der Waals surface area contributed by atoms with Crippen LogP contribution in [0.25, 0.3) is 0 Å². The normalized spacial score (nSPS) is 10.2. The van der Waals surface area contributed by atoms with Crippen LogP contribution in [0.5, 0.6) is 0 Å². The van der Waals surface area contributed by atoms with E-state index >= 15 is 0 Å². The third kappa shape index (κ3) is 3.00. The van der Waals surface area contributed by atoms with Gasteiger partial charge >= 0.3 is 0 Å². The average molecular weight is 284 g/mol. The number of nitrogens with zero attached hydrogens (tertiary/aromatic N) is 1. The minimum absolute atomic E-state index is 0.545. The van der Waals surface area contributed by atoms with Gasteiger partial charge in [0, 0.05) is 21.7 Å². The van der Waals surface area contributed by atoms with E-state index in [1.165, 1.54) is 11.8 Å². The van der Waals surface area contributed by atoms with Gasteiger partial charge < -0.3 is 0 Å².